The van der Waals surface area contributed by atoms with Crippen LogP contribution in [0.1, 0.15) is 5.56 Å². The van der Waals surface area contributed by atoms with E-state index in [2.05, 4.69) is 28.7 Å². The van der Waals surface area contributed by atoms with Gasteiger partial charge in [0.25, 0.3) is 5.56 Å². The molecular weight excluding hydrogens is 289 g/mol. The molecule has 2 aromatic rings. The number of benzene rings is 1. The van der Waals surface area contributed by atoms with Crippen LogP contribution >= 0.6 is 22.6 Å². The Morgan fingerprint density at radius 2 is 2.00 bits per heavy atom. The summed E-state index contributed by atoms with van der Waals surface area (Å²) in [4.78, 5) is 11.8. The van der Waals surface area contributed by atoms with Crippen LogP contribution in [0.3, 0.4) is 0 Å². The summed E-state index contributed by atoms with van der Waals surface area (Å²) < 4.78 is 2.74. The third-order valence-electron chi connectivity index (χ3n) is 2.29. The predicted octanol–water partition coefficient (Wildman–Crippen LogP) is 2.45. The van der Waals surface area contributed by atoms with Gasteiger partial charge in [-0.1, -0.05) is 17.7 Å². The SMILES string of the molecule is Cc1ccc2c(=O)n(C)cc(I)c2c1. The Kier molecular flexibility index (Phi) is 2.34. The van der Waals surface area contributed by atoms with Crippen molar-refractivity contribution in [3.63, 3.8) is 0 Å². The number of pyridine rings is 1. The van der Waals surface area contributed by atoms with Gasteiger partial charge in [0.15, 0.2) is 0 Å². The molecule has 0 aliphatic carbocycles. The maximum absolute atomic E-state index is 11.8. The van der Waals surface area contributed by atoms with Crippen LogP contribution in [0.2, 0.25) is 0 Å². The first kappa shape index (κ1) is 9.71. The zero-order chi connectivity index (χ0) is 10.3. The Balaban J connectivity index is 3.02. The van der Waals surface area contributed by atoms with Crippen LogP contribution in [0.5, 0.6) is 0 Å². The van der Waals surface area contributed by atoms with Crippen LogP contribution in [-0.2, 0) is 7.05 Å². The molecule has 1 heterocycles. The Bertz CT molecular complexity index is 557. The van der Waals surface area contributed by atoms with E-state index in [1.54, 1.807) is 11.6 Å². The van der Waals surface area contributed by atoms with Crippen molar-refractivity contribution < 1.29 is 0 Å². The summed E-state index contributed by atoms with van der Waals surface area (Å²) in [7, 11) is 1.78. The number of aromatic nitrogens is 1. The molecule has 3 heteroatoms. The zero-order valence-corrected chi connectivity index (χ0v) is 10.2. The van der Waals surface area contributed by atoms with Gasteiger partial charge in [-0.05, 0) is 35.6 Å². The highest BCUT2D eigenvalue weighted by Crippen LogP contribution is 2.18. The molecule has 14 heavy (non-hydrogen) atoms. The Morgan fingerprint density at radius 3 is 2.71 bits per heavy atom. The lowest BCUT2D eigenvalue weighted by molar-refractivity contribution is 0.868. The van der Waals surface area contributed by atoms with Crippen molar-refractivity contribution >= 4 is 33.4 Å². The van der Waals surface area contributed by atoms with Gasteiger partial charge in [0.2, 0.25) is 0 Å². The van der Waals surface area contributed by atoms with Gasteiger partial charge in [-0.15, -0.1) is 0 Å². The van der Waals surface area contributed by atoms with Crippen LogP contribution in [0.25, 0.3) is 10.8 Å². The summed E-state index contributed by atoms with van der Waals surface area (Å²) in [6.07, 6.45) is 1.87. The van der Waals surface area contributed by atoms with Gasteiger partial charge < -0.3 is 4.57 Å². The summed E-state index contributed by atoms with van der Waals surface area (Å²) in [5, 5.41) is 1.85. The van der Waals surface area contributed by atoms with Crippen molar-refractivity contribution in [3.05, 3.63) is 43.9 Å². The first-order valence-corrected chi connectivity index (χ1v) is 5.43. The Morgan fingerprint density at radius 1 is 1.29 bits per heavy atom. The summed E-state index contributed by atoms with van der Waals surface area (Å²) in [6, 6.07) is 5.92. The second kappa shape index (κ2) is 3.38. The molecule has 0 N–H and O–H groups in total. The van der Waals surface area contributed by atoms with Gasteiger partial charge in [0, 0.05) is 27.6 Å². The fourth-order valence-corrected chi connectivity index (χ4v) is 2.39. The largest absolute Gasteiger partial charge is 0.317 e. The second-order valence-corrected chi connectivity index (χ2v) is 4.60. The third-order valence-corrected chi connectivity index (χ3v) is 3.15. The van der Waals surface area contributed by atoms with Crippen molar-refractivity contribution in [1.29, 1.82) is 0 Å². The minimum Gasteiger partial charge on any atom is -0.317 e. The normalized spacial score (nSPS) is 10.8. The van der Waals surface area contributed by atoms with Gasteiger partial charge in [0.1, 0.15) is 0 Å². The standard InChI is InChI=1S/C11H10INO/c1-7-3-4-8-9(5-7)10(12)6-13(2)11(8)14/h3-6H,1-2H3. The molecule has 0 saturated carbocycles. The topological polar surface area (TPSA) is 22.0 Å². The molecule has 0 unspecified atom stereocenters. The second-order valence-electron chi connectivity index (χ2n) is 3.44. The van der Waals surface area contributed by atoms with Crippen LogP contribution in [-0.4, -0.2) is 4.57 Å². The van der Waals surface area contributed by atoms with Gasteiger partial charge >= 0.3 is 0 Å². The minimum atomic E-state index is 0.0698. The van der Waals surface area contributed by atoms with Gasteiger partial charge in [-0.2, -0.15) is 0 Å². The number of fused-ring (bicyclic) bond motifs is 1. The van der Waals surface area contributed by atoms with E-state index in [9.17, 15) is 4.79 Å². The fourth-order valence-electron chi connectivity index (χ4n) is 1.53. The van der Waals surface area contributed by atoms with E-state index < -0.39 is 0 Å². The number of hydrogen-bond donors (Lipinski definition) is 0. The van der Waals surface area contributed by atoms with Crippen molar-refractivity contribution in [3.8, 4) is 0 Å². The first-order valence-electron chi connectivity index (χ1n) is 4.35. The smallest absolute Gasteiger partial charge is 0.258 e. The molecule has 0 fully saturated rings. The van der Waals surface area contributed by atoms with Crippen molar-refractivity contribution in [2.24, 2.45) is 7.05 Å². The highest BCUT2D eigenvalue weighted by Gasteiger charge is 2.04. The lowest BCUT2D eigenvalue weighted by Gasteiger charge is -2.04. The molecule has 0 spiro atoms. The number of hydrogen-bond acceptors (Lipinski definition) is 1. The zero-order valence-electron chi connectivity index (χ0n) is 8.04. The molecule has 2 rings (SSSR count). The van der Waals surface area contributed by atoms with E-state index in [0.717, 1.165) is 14.3 Å². The van der Waals surface area contributed by atoms with Gasteiger partial charge in [0.05, 0.1) is 0 Å². The third kappa shape index (κ3) is 1.45. The van der Waals surface area contributed by atoms with E-state index in [1.165, 1.54) is 5.56 Å². The van der Waals surface area contributed by atoms with E-state index in [0.29, 0.717) is 0 Å². The quantitative estimate of drug-likeness (QED) is 0.685. The molecule has 0 amide bonds. The summed E-state index contributed by atoms with van der Waals surface area (Å²) in [5.74, 6) is 0. The van der Waals surface area contributed by atoms with Gasteiger partial charge in [-0.25, -0.2) is 0 Å². The van der Waals surface area contributed by atoms with Crippen molar-refractivity contribution in [2.45, 2.75) is 6.92 Å². The number of halogens is 1. The minimum absolute atomic E-state index is 0.0698. The fraction of sp³-hybridized carbons (Fsp3) is 0.182. The first-order chi connectivity index (χ1) is 6.59. The molecule has 2 nitrogen and oxygen atoms in total. The molecular formula is C11H10INO. The summed E-state index contributed by atoms with van der Waals surface area (Å²) >= 11 is 2.26. The average Bonchev–Trinajstić information content (AvgIpc) is 2.14. The van der Waals surface area contributed by atoms with Crippen LogP contribution in [0, 0.1) is 10.5 Å². The predicted molar refractivity (Wildman–Crippen MR) is 66.6 cm³/mol. The number of nitrogens with zero attached hydrogens (tertiary/aromatic N) is 1. The number of aryl methyl sites for hydroxylation is 2. The molecule has 1 aromatic heterocycles. The molecule has 0 bridgehead atoms. The maximum Gasteiger partial charge on any atom is 0.258 e. The highest BCUT2D eigenvalue weighted by atomic mass is 127. The molecule has 0 aliphatic rings. The van der Waals surface area contributed by atoms with E-state index in [-0.39, 0.29) is 5.56 Å². The lowest BCUT2D eigenvalue weighted by Crippen LogP contribution is -2.16. The van der Waals surface area contributed by atoms with Crippen LogP contribution < -0.4 is 5.56 Å². The van der Waals surface area contributed by atoms with E-state index >= 15 is 0 Å². The van der Waals surface area contributed by atoms with Crippen molar-refractivity contribution in [1.82, 2.24) is 4.57 Å². The van der Waals surface area contributed by atoms with Crippen LogP contribution in [0.4, 0.5) is 0 Å². The molecule has 0 atom stereocenters. The molecule has 0 aliphatic heterocycles. The summed E-state index contributed by atoms with van der Waals surface area (Å²) in [5.41, 5.74) is 1.25. The lowest BCUT2D eigenvalue weighted by atomic mass is 10.1. The average molecular weight is 299 g/mol. The number of rotatable bonds is 0. The molecule has 0 saturated heterocycles. The van der Waals surface area contributed by atoms with E-state index in [4.69, 9.17) is 0 Å². The highest BCUT2D eigenvalue weighted by molar-refractivity contribution is 14.1. The molecule has 1 aromatic carbocycles. The Hall–Kier alpha value is -0.840. The Labute approximate surface area is 95.7 Å². The molecule has 72 valence electrons. The van der Waals surface area contributed by atoms with E-state index in [1.807, 2.05) is 25.3 Å². The monoisotopic (exact) mass is 299 g/mol. The maximum atomic E-state index is 11.8. The molecule has 0 radical (unpaired) electrons. The summed E-state index contributed by atoms with van der Waals surface area (Å²) in [6.45, 7) is 2.03. The van der Waals surface area contributed by atoms with Crippen LogP contribution in [0.15, 0.2) is 29.2 Å². The van der Waals surface area contributed by atoms with Crippen molar-refractivity contribution in [2.75, 3.05) is 0 Å². The van der Waals surface area contributed by atoms with Gasteiger partial charge in [-0.3, -0.25) is 4.79 Å².